The van der Waals surface area contributed by atoms with Gasteiger partial charge in [-0.15, -0.1) is 0 Å². The lowest BCUT2D eigenvalue weighted by molar-refractivity contribution is -0.0776. The molecule has 1 amide bonds. The number of carbonyl (C=O) groups excluding carboxylic acids is 1. The van der Waals surface area contributed by atoms with Gasteiger partial charge in [0.2, 0.25) is 0 Å². The molecular formula is C15H21N5O5. The van der Waals surface area contributed by atoms with Gasteiger partial charge in [-0.25, -0.2) is 15.4 Å². The van der Waals surface area contributed by atoms with Gasteiger partial charge in [-0.2, -0.15) is 0 Å². The highest BCUT2D eigenvalue weighted by Crippen LogP contribution is 2.45. The van der Waals surface area contributed by atoms with Gasteiger partial charge in [0.05, 0.1) is 30.2 Å². The lowest BCUT2D eigenvalue weighted by Gasteiger charge is -2.30. The molecule has 2 aromatic heterocycles. The number of aromatic nitrogens is 3. The Labute approximate surface area is 143 Å². The van der Waals surface area contributed by atoms with Crippen molar-refractivity contribution in [2.45, 2.75) is 31.1 Å². The number of hydrogen-bond donors (Lipinski definition) is 5. The molecule has 0 aromatic carbocycles. The van der Waals surface area contributed by atoms with Gasteiger partial charge in [0.15, 0.2) is 5.82 Å². The Bertz CT molecular complexity index is 805. The van der Waals surface area contributed by atoms with Crippen LogP contribution in [-0.2, 0) is 4.84 Å². The number of nitrogens with zero attached hydrogens (tertiary/aromatic N) is 3. The Morgan fingerprint density at radius 3 is 2.84 bits per heavy atom. The van der Waals surface area contributed by atoms with E-state index in [0.29, 0.717) is 17.5 Å². The average molecular weight is 351 g/mol. The van der Waals surface area contributed by atoms with Crippen molar-refractivity contribution in [1.29, 1.82) is 0 Å². The van der Waals surface area contributed by atoms with Crippen LogP contribution >= 0.6 is 0 Å². The summed E-state index contributed by atoms with van der Waals surface area (Å²) in [7, 11) is 1.40. The van der Waals surface area contributed by atoms with Crippen molar-refractivity contribution in [2.75, 3.05) is 19.2 Å². The summed E-state index contributed by atoms with van der Waals surface area (Å²) in [5.74, 6) is -0.917. The molecule has 136 valence electrons. The lowest BCUT2D eigenvalue weighted by atomic mass is 9.96. The number of aliphatic hydroxyl groups is 3. The Morgan fingerprint density at radius 2 is 2.28 bits per heavy atom. The smallest absolute Gasteiger partial charge is 0.251 e. The summed E-state index contributed by atoms with van der Waals surface area (Å²) in [5, 5.41) is 30.9. The summed E-state index contributed by atoms with van der Waals surface area (Å²) < 4.78 is 1.59. The third kappa shape index (κ3) is 2.63. The number of fused-ring (bicyclic) bond motifs is 1. The van der Waals surface area contributed by atoms with Gasteiger partial charge in [0, 0.05) is 18.7 Å². The maximum atomic E-state index is 11.9. The van der Waals surface area contributed by atoms with E-state index < -0.39 is 29.6 Å². The van der Waals surface area contributed by atoms with Crippen molar-refractivity contribution in [3.8, 4) is 0 Å². The fourth-order valence-corrected chi connectivity index (χ4v) is 3.58. The van der Waals surface area contributed by atoms with E-state index in [9.17, 15) is 20.1 Å². The van der Waals surface area contributed by atoms with E-state index in [1.165, 1.54) is 26.6 Å². The topological polar surface area (TPSA) is 156 Å². The first kappa shape index (κ1) is 17.5. The molecule has 0 bridgehead atoms. The number of rotatable bonds is 5. The van der Waals surface area contributed by atoms with E-state index in [-0.39, 0.29) is 18.0 Å². The molecule has 0 aliphatic heterocycles. The van der Waals surface area contributed by atoms with E-state index in [2.05, 4.69) is 15.4 Å². The molecule has 6 N–H and O–H groups in total. The number of carbonyl (C=O) groups is 1. The van der Waals surface area contributed by atoms with Gasteiger partial charge >= 0.3 is 0 Å². The third-order valence-electron chi connectivity index (χ3n) is 4.89. The zero-order valence-corrected chi connectivity index (χ0v) is 13.9. The fraction of sp³-hybridized carbons (Fsp3) is 0.533. The fourth-order valence-electron chi connectivity index (χ4n) is 3.58. The largest absolute Gasteiger partial charge is 0.396 e. The number of anilines is 1. The van der Waals surface area contributed by atoms with E-state index in [0.717, 1.165) is 0 Å². The Morgan fingerprint density at radius 1 is 1.56 bits per heavy atom. The number of aliphatic hydroxyl groups excluding tert-OH is 2. The van der Waals surface area contributed by atoms with E-state index in [1.54, 1.807) is 4.57 Å². The van der Waals surface area contributed by atoms with Crippen LogP contribution in [-0.4, -0.2) is 61.2 Å². The Hall–Kier alpha value is -2.27. The first-order valence-electron chi connectivity index (χ1n) is 7.78. The highest BCUT2D eigenvalue weighted by molar-refractivity contribution is 6.09. The number of nitrogens with two attached hydrogens (primary N) is 1. The lowest BCUT2D eigenvalue weighted by Crippen LogP contribution is -2.42. The molecule has 10 heteroatoms. The summed E-state index contributed by atoms with van der Waals surface area (Å²) in [6, 6.07) is -0.611. The van der Waals surface area contributed by atoms with Gasteiger partial charge < -0.3 is 25.6 Å². The SMILES string of the molecule is CONc1ncnc2c1c(C(N)=O)cn2C1CC(CO)C(O)[C@@]1(C)O. The number of primary amides is 1. The maximum Gasteiger partial charge on any atom is 0.251 e. The van der Waals surface area contributed by atoms with Gasteiger partial charge in [-0.05, 0) is 13.3 Å². The van der Waals surface area contributed by atoms with Crippen molar-refractivity contribution >= 4 is 22.8 Å². The second-order valence-electron chi connectivity index (χ2n) is 6.41. The van der Waals surface area contributed by atoms with Crippen LogP contribution in [0.5, 0.6) is 0 Å². The molecule has 0 spiro atoms. The molecule has 2 aromatic rings. The maximum absolute atomic E-state index is 11.9. The zero-order valence-electron chi connectivity index (χ0n) is 13.9. The predicted octanol–water partition coefficient (Wildman–Crippen LogP) is -0.831. The third-order valence-corrected chi connectivity index (χ3v) is 4.89. The molecule has 0 saturated heterocycles. The first-order chi connectivity index (χ1) is 11.8. The van der Waals surface area contributed by atoms with Crippen LogP contribution in [0.15, 0.2) is 12.5 Å². The van der Waals surface area contributed by atoms with Gasteiger partial charge in [-0.1, -0.05) is 0 Å². The van der Waals surface area contributed by atoms with E-state index >= 15 is 0 Å². The number of nitrogens with one attached hydrogen (secondary N) is 1. The minimum absolute atomic E-state index is 0.160. The first-order valence-corrected chi connectivity index (χ1v) is 7.78. The molecule has 1 saturated carbocycles. The van der Waals surface area contributed by atoms with Gasteiger partial charge in [-0.3, -0.25) is 9.63 Å². The van der Waals surface area contributed by atoms with E-state index in [1.807, 2.05) is 0 Å². The van der Waals surface area contributed by atoms with Crippen LogP contribution in [0.4, 0.5) is 5.82 Å². The number of amides is 1. The molecule has 0 radical (unpaired) electrons. The second-order valence-corrected chi connectivity index (χ2v) is 6.41. The van der Waals surface area contributed by atoms with Crippen molar-refractivity contribution in [3.05, 3.63) is 18.1 Å². The molecule has 25 heavy (non-hydrogen) atoms. The summed E-state index contributed by atoms with van der Waals surface area (Å²) in [6.45, 7) is 1.23. The van der Waals surface area contributed by atoms with E-state index in [4.69, 9.17) is 10.6 Å². The van der Waals surface area contributed by atoms with Crippen molar-refractivity contribution in [1.82, 2.24) is 14.5 Å². The molecule has 4 atom stereocenters. The summed E-state index contributed by atoms with van der Waals surface area (Å²) >= 11 is 0. The van der Waals surface area contributed by atoms with Crippen molar-refractivity contribution in [2.24, 2.45) is 11.7 Å². The molecule has 1 fully saturated rings. The van der Waals surface area contributed by atoms with Gasteiger partial charge in [0.25, 0.3) is 5.91 Å². The molecule has 10 nitrogen and oxygen atoms in total. The minimum atomic E-state index is -1.52. The molecule has 3 unspecified atom stereocenters. The summed E-state index contributed by atoms with van der Waals surface area (Å²) in [4.78, 5) is 25.0. The van der Waals surface area contributed by atoms with Crippen LogP contribution < -0.4 is 11.2 Å². The van der Waals surface area contributed by atoms with Crippen molar-refractivity contribution < 1.29 is 25.0 Å². The normalized spacial score (nSPS) is 29.2. The minimum Gasteiger partial charge on any atom is -0.396 e. The monoisotopic (exact) mass is 351 g/mol. The summed E-state index contributed by atoms with van der Waals surface area (Å²) in [5.41, 5.74) is 7.05. The quantitative estimate of drug-likeness (QED) is 0.437. The van der Waals surface area contributed by atoms with Gasteiger partial charge in [0.1, 0.15) is 17.6 Å². The molecule has 1 aliphatic carbocycles. The zero-order chi connectivity index (χ0) is 18.4. The van der Waals surface area contributed by atoms with Crippen LogP contribution in [0.3, 0.4) is 0 Å². The average Bonchev–Trinajstić information content (AvgIpc) is 3.05. The summed E-state index contributed by atoms with van der Waals surface area (Å²) in [6.07, 6.45) is 1.96. The predicted molar refractivity (Wildman–Crippen MR) is 87.5 cm³/mol. The number of hydrogen-bond acceptors (Lipinski definition) is 8. The molecule has 1 aliphatic rings. The van der Waals surface area contributed by atoms with Crippen molar-refractivity contribution in [3.63, 3.8) is 0 Å². The second kappa shape index (κ2) is 6.23. The van der Waals surface area contributed by atoms with Crippen LogP contribution in [0.2, 0.25) is 0 Å². The Kier molecular flexibility index (Phi) is 4.37. The van der Waals surface area contributed by atoms with Crippen LogP contribution in [0, 0.1) is 5.92 Å². The highest BCUT2D eigenvalue weighted by Gasteiger charge is 2.51. The van der Waals surface area contributed by atoms with Crippen LogP contribution in [0.25, 0.3) is 11.0 Å². The highest BCUT2D eigenvalue weighted by atomic mass is 16.6. The molecule has 3 rings (SSSR count). The molecule has 2 heterocycles. The Balaban J connectivity index is 2.21. The van der Waals surface area contributed by atoms with Crippen LogP contribution in [0.1, 0.15) is 29.7 Å². The molecular weight excluding hydrogens is 330 g/mol. The standard InChI is InChI=1S/C15H21N5O5/c1-15(24)9(3-7(5-21)11(15)22)20-4-8(12(16)23)10-13(19-25-2)17-6-18-14(10)20/h4,6-7,9,11,21-22,24H,3,5H2,1-2H3,(H2,16,23)(H,17,18,19)/t7?,9?,11?,15-/m0/s1.